The van der Waals surface area contributed by atoms with E-state index in [-0.39, 0.29) is 0 Å². The third kappa shape index (κ3) is 2.92. The van der Waals surface area contributed by atoms with Gasteiger partial charge in [-0.15, -0.1) is 0 Å². The van der Waals surface area contributed by atoms with Gasteiger partial charge >= 0.3 is 0 Å². The molecule has 0 aromatic heterocycles. The molecule has 0 saturated carbocycles. The lowest BCUT2D eigenvalue weighted by Crippen LogP contribution is -2.23. The number of nitriles is 1. The predicted molar refractivity (Wildman–Crippen MR) is 83.5 cm³/mol. The first kappa shape index (κ1) is 14.0. The lowest BCUT2D eigenvalue weighted by Gasteiger charge is -2.25. The van der Waals surface area contributed by atoms with Gasteiger partial charge < -0.3 is 10.6 Å². The van der Waals surface area contributed by atoms with Crippen molar-refractivity contribution in [1.82, 2.24) is 0 Å². The number of rotatable bonds is 4. The molecular formula is C17H19N3. The fourth-order valence-corrected chi connectivity index (χ4v) is 2.28. The van der Waals surface area contributed by atoms with E-state index in [4.69, 9.17) is 5.73 Å². The maximum Gasteiger partial charge on any atom is 0.101 e. The van der Waals surface area contributed by atoms with Crippen LogP contribution in [0.3, 0.4) is 0 Å². The lowest BCUT2D eigenvalue weighted by atomic mass is 10.1. The summed E-state index contributed by atoms with van der Waals surface area (Å²) >= 11 is 0. The third-order valence-corrected chi connectivity index (χ3v) is 3.49. The standard InChI is InChI=1S/C17H19N3/c1-3-20(12-14-7-5-4-6-13(14)2)17-9-8-16(19)10-15(17)11-18/h4-10H,3,12,19H2,1-2H3. The molecular weight excluding hydrogens is 246 g/mol. The zero-order chi connectivity index (χ0) is 14.5. The molecule has 0 spiro atoms. The molecule has 0 radical (unpaired) electrons. The van der Waals surface area contributed by atoms with Crippen molar-refractivity contribution in [3.05, 3.63) is 59.2 Å². The van der Waals surface area contributed by atoms with Crippen LogP contribution in [0.25, 0.3) is 0 Å². The summed E-state index contributed by atoms with van der Waals surface area (Å²) < 4.78 is 0. The Balaban J connectivity index is 2.34. The van der Waals surface area contributed by atoms with Crippen molar-refractivity contribution in [2.75, 3.05) is 17.2 Å². The highest BCUT2D eigenvalue weighted by Crippen LogP contribution is 2.24. The van der Waals surface area contributed by atoms with Crippen LogP contribution in [-0.4, -0.2) is 6.54 Å². The molecule has 0 aliphatic carbocycles. The number of nitrogens with two attached hydrogens (primary N) is 1. The quantitative estimate of drug-likeness (QED) is 0.861. The molecule has 0 aliphatic heterocycles. The van der Waals surface area contributed by atoms with Crippen molar-refractivity contribution < 1.29 is 0 Å². The van der Waals surface area contributed by atoms with Gasteiger partial charge in [0.05, 0.1) is 11.3 Å². The Kier molecular flexibility index (Phi) is 4.27. The number of nitrogens with zero attached hydrogens (tertiary/aromatic N) is 2. The van der Waals surface area contributed by atoms with Crippen LogP contribution in [0.5, 0.6) is 0 Å². The summed E-state index contributed by atoms with van der Waals surface area (Å²) in [7, 11) is 0. The summed E-state index contributed by atoms with van der Waals surface area (Å²) in [5.41, 5.74) is 10.5. The molecule has 0 atom stereocenters. The van der Waals surface area contributed by atoms with Crippen LogP contribution in [-0.2, 0) is 6.54 Å². The van der Waals surface area contributed by atoms with Gasteiger partial charge in [-0.25, -0.2) is 0 Å². The second-order valence-electron chi connectivity index (χ2n) is 4.83. The van der Waals surface area contributed by atoms with Crippen LogP contribution >= 0.6 is 0 Å². The van der Waals surface area contributed by atoms with Crippen molar-refractivity contribution in [3.63, 3.8) is 0 Å². The molecule has 0 saturated heterocycles. The molecule has 0 heterocycles. The van der Waals surface area contributed by atoms with Gasteiger partial charge in [-0.2, -0.15) is 5.26 Å². The minimum atomic E-state index is 0.622. The second kappa shape index (κ2) is 6.12. The second-order valence-corrected chi connectivity index (χ2v) is 4.83. The first-order chi connectivity index (χ1) is 9.65. The Morgan fingerprint density at radius 2 is 1.95 bits per heavy atom. The Labute approximate surface area is 120 Å². The van der Waals surface area contributed by atoms with Crippen LogP contribution in [0.15, 0.2) is 42.5 Å². The van der Waals surface area contributed by atoms with Crippen molar-refractivity contribution >= 4 is 11.4 Å². The van der Waals surface area contributed by atoms with Crippen molar-refractivity contribution in [1.29, 1.82) is 5.26 Å². The van der Waals surface area contributed by atoms with Crippen LogP contribution in [0, 0.1) is 18.3 Å². The number of aryl methyl sites for hydroxylation is 1. The van der Waals surface area contributed by atoms with Gasteiger partial charge in [0.25, 0.3) is 0 Å². The minimum absolute atomic E-state index is 0.622. The highest BCUT2D eigenvalue weighted by Gasteiger charge is 2.11. The highest BCUT2D eigenvalue weighted by molar-refractivity contribution is 5.64. The Bertz CT molecular complexity index is 641. The molecule has 0 aliphatic rings. The van der Waals surface area contributed by atoms with Gasteiger partial charge in [0, 0.05) is 18.8 Å². The van der Waals surface area contributed by atoms with Gasteiger partial charge in [0.1, 0.15) is 6.07 Å². The van der Waals surface area contributed by atoms with Crippen molar-refractivity contribution in [2.45, 2.75) is 20.4 Å². The van der Waals surface area contributed by atoms with Crippen molar-refractivity contribution in [2.24, 2.45) is 0 Å². The van der Waals surface area contributed by atoms with E-state index in [0.29, 0.717) is 11.3 Å². The lowest BCUT2D eigenvalue weighted by molar-refractivity contribution is 0.826. The predicted octanol–water partition coefficient (Wildman–Crippen LogP) is 3.48. The SMILES string of the molecule is CCN(Cc1ccccc1C)c1ccc(N)cc1C#N. The monoisotopic (exact) mass is 265 g/mol. The molecule has 2 N–H and O–H groups in total. The van der Waals surface area contributed by atoms with Gasteiger partial charge in [0.2, 0.25) is 0 Å². The van der Waals surface area contributed by atoms with E-state index >= 15 is 0 Å². The van der Waals surface area contributed by atoms with E-state index in [1.165, 1.54) is 11.1 Å². The third-order valence-electron chi connectivity index (χ3n) is 3.49. The van der Waals surface area contributed by atoms with Crippen LogP contribution in [0.4, 0.5) is 11.4 Å². The largest absolute Gasteiger partial charge is 0.399 e. The first-order valence-electron chi connectivity index (χ1n) is 6.74. The fourth-order valence-electron chi connectivity index (χ4n) is 2.28. The molecule has 2 rings (SSSR count). The van der Waals surface area contributed by atoms with Gasteiger partial charge in [0.15, 0.2) is 0 Å². The molecule has 20 heavy (non-hydrogen) atoms. The molecule has 2 aromatic rings. The Morgan fingerprint density at radius 1 is 1.20 bits per heavy atom. The average molecular weight is 265 g/mol. The molecule has 102 valence electrons. The van der Waals surface area contributed by atoms with Gasteiger partial charge in [-0.3, -0.25) is 0 Å². The van der Waals surface area contributed by atoms with Crippen molar-refractivity contribution in [3.8, 4) is 6.07 Å². The summed E-state index contributed by atoms with van der Waals surface area (Å²) in [5.74, 6) is 0. The normalized spacial score (nSPS) is 10.1. The zero-order valence-corrected chi connectivity index (χ0v) is 11.9. The first-order valence-corrected chi connectivity index (χ1v) is 6.74. The molecule has 3 heteroatoms. The Hall–Kier alpha value is -2.47. The average Bonchev–Trinajstić information content (AvgIpc) is 2.46. The smallest absolute Gasteiger partial charge is 0.101 e. The highest BCUT2D eigenvalue weighted by atomic mass is 15.1. The zero-order valence-electron chi connectivity index (χ0n) is 11.9. The molecule has 0 bridgehead atoms. The topological polar surface area (TPSA) is 53.0 Å². The minimum Gasteiger partial charge on any atom is -0.399 e. The summed E-state index contributed by atoms with van der Waals surface area (Å²) in [6.45, 7) is 5.84. The van der Waals surface area contributed by atoms with E-state index in [1.54, 1.807) is 6.07 Å². The maximum absolute atomic E-state index is 9.28. The number of anilines is 2. The summed E-state index contributed by atoms with van der Waals surface area (Å²) in [6, 6.07) is 16.1. The van der Waals surface area contributed by atoms with Gasteiger partial charge in [-0.1, -0.05) is 24.3 Å². The number of hydrogen-bond acceptors (Lipinski definition) is 3. The van der Waals surface area contributed by atoms with E-state index in [2.05, 4.69) is 36.9 Å². The van der Waals surface area contributed by atoms with E-state index in [9.17, 15) is 5.26 Å². The summed E-state index contributed by atoms with van der Waals surface area (Å²) in [4.78, 5) is 2.19. The molecule has 0 fully saturated rings. The molecule has 0 unspecified atom stereocenters. The number of hydrogen-bond donors (Lipinski definition) is 1. The molecule has 3 nitrogen and oxygen atoms in total. The van der Waals surface area contributed by atoms with Crippen LogP contribution < -0.4 is 10.6 Å². The summed E-state index contributed by atoms with van der Waals surface area (Å²) in [6.07, 6.45) is 0. The number of nitrogen functional groups attached to an aromatic ring is 1. The molecule has 0 amide bonds. The Morgan fingerprint density at radius 3 is 2.60 bits per heavy atom. The maximum atomic E-state index is 9.28. The van der Waals surface area contributed by atoms with E-state index < -0.39 is 0 Å². The van der Waals surface area contributed by atoms with Gasteiger partial charge in [-0.05, 0) is 43.2 Å². The van der Waals surface area contributed by atoms with E-state index in [0.717, 1.165) is 18.8 Å². The van der Waals surface area contributed by atoms with E-state index in [1.807, 2.05) is 24.3 Å². The molecule has 2 aromatic carbocycles. The number of benzene rings is 2. The summed E-state index contributed by atoms with van der Waals surface area (Å²) in [5, 5.41) is 9.28. The van der Waals surface area contributed by atoms with Crippen LogP contribution in [0.1, 0.15) is 23.6 Å². The fraction of sp³-hybridized carbons (Fsp3) is 0.235. The van der Waals surface area contributed by atoms with Crippen LogP contribution in [0.2, 0.25) is 0 Å².